The van der Waals surface area contributed by atoms with E-state index in [1.54, 1.807) is 13.8 Å². The van der Waals surface area contributed by atoms with Gasteiger partial charge in [-0.3, -0.25) is 4.79 Å². The third-order valence-electron chi connectivity index (χ3n) is 1.46. The normalized spacial score (nSPS) is 15.2. The van der Waals surface area contributed by atoms with Gasteiger partial charge in [-0.25, -0.2) is 0 Å². The van der Waals surface area contributed by atoms with E-state index in [4.69, 9.17) is 15.3 Å². The van der Waals surface area contributed by atoms with Crippen LogP contribution in [0, 0.1) is 0 Å². The lowest BCUT2D eigenvalue weighted by molar-refractivity contribution is -0.136. The van der Waals surface area contributed by atoms with Crippen molar-refractivity contribution >= 4 is 5.91 Å². The summed E-state index contributed by atoms with van der Waals surface area (Å²) in [7, 11) is 0. The maximum absolute atomic E-state index is 11.0. The molecule has 0 aromatic heterocycles. The van der Waals surface area contributed by atoms with Gasteiger partial charge in [-0.2, -0.15) is 0 Å². The number of carbonyl (C=O) groups excluding carboxylic acids is 1. The van der Waals surface area contributed by atoms with Crippen molar-refractivity contribution in [3.63, 3.8) is 0 Å². The molecule has 0 aliphatic rings. The maximum Gasteiger partial charge on any atom is 0.248 e. The second-order valence-corrected chi connectivity index (χ2v) is 3.15. The van der Waals surface area contributed by atoms with Crippen molar-refractivity contribution in [3.05, 3.63) is 0 Å². The van der Waals surface area contributed by atoms with Gasteiger partial charge in [0.1, 0.15) is 6.61 Å². The van der Waals surface area contributed by atoms with Crippen LogP contribution in [0.5, 0.6) is 0 Å². The van der Waals surface area contributed by atoms with Crippen LogP contribution in [0.15, 0.2) is 0 Å². The van der Waals surface area contributed by atoms with E-state index in [1.807, 2.05) is 0 Å². The zero-order valence-corrected chi connectivity index (χ0v) is 7.97. The number of amides is 1. The molecule has 1 amide bonds. The Hall–Kier alpha value is -0.650. The summed E-state index contributed by atoms with van der Waals surface area (Å²) in [5, 5.41) is 26.6. The predicted octanol–water partition coefficient (Wildman–Crippen LogP) is -1.43. The fourth-order valence-electron chi connectivity index (χ4n) is 1.02. The van der Waals surface area contributed by atoms with Crippen molar-refractivity contribution in [1.29, 1.82) is 0 Å². The smallest absolute Gasteiger partial charge is 0.248 e. The fraction of sp³-hybridized carbons (Fsp3) is 0.875. The van der Waals surface area contributed by atoms with Crippen LogP contribution in [0.2, 0.25) is 0 Å². The minimum atomic E-state index is -0.658. The Morgan fingerprint density at radius 1 is 1.23 bits per heavy atom. The Morgan fingerprint density at radius 2 is 1.62 bits per heavy atom. The molecule has 3 N–H and O–H groups in total. The second kappa shape index (κ2) is 5.90. The van der Waals surface area contributed by atoms with Gasteiger partial charge in [-0.05, 0) is 13.8 Å². The summed E-state index contributed by atoms with van der Waals surface area (Å²) in [6.45, 7) is 2.74. The molecule has 5 heteroatoms. The van der Waals surface area contributed by atoms with Crippen LogP contribution in [0.25, 0.3) is 0 Å². The van der Waals surface area contributed by atoms with Gasteiger partial charge in [-0.1, -0.05) is 0 Å². The van der Waals surface area contributed by atoms with E-state index < -0.39 is 24.7 Å². The summed E-state index contributed by atoms with van der Waals surface area (Å²) >= 11 is 0. The molecule has 0 aliphatic heterocycles. The number of rotatable bonds is 5. The topological polar surface area (TPSA) is 81.0 Å². The van der Waals surface area contributed by atoms with Crippen LogP contribution < -0.4 is 0 Å². The molecule has 5 nitrogen and oxygen atoms in total. The highest BCUT2D eigenvalue weighted by molar-refractivity contribution is 5.77. The van der Waals surface area contributed by atoms with Crippen LogP contribution in [0.3, 0.4) is 0 Å². The second-order valence-electron chi connectivity index (χ2n) is 3.15. The van der Waals surface area contributed by atoms with E-state index in [-0.39, 0.29) is 13.1 Å². The molecule has 0 saturated heterocycles. The van der Waals surface area contributed by atoms with Crippen LogP contribution in [0.4, 0.5) is 0 Å². The Morgan fingerprint density at radius 3 is 1.85 bits per heavy atom. The molecule has 0 aliphatic carbocycles. The minimum absolute atomic E-state index is 0.129. The van der Waals surface area contributed by atoms with Gasteiger partial charge < -0.3 is 20.2 Å². The van der Waals surface area contributed by atoms with Gasteiger partial charge in [0.15, 0.2) is 0 Å². The molecule has 0 saturated carbocycles. The van der Waals surface area contributed by atoms with Crippen molar-refractivity contribution in [1.82, 2.24) is 4.90 Å². The zero-order valence-electron chi connectivity index (χ0n) is 7.97. The first-order chi connectivity index (χ1) is 5.97. The fourth-order valence-corrected chi connectivity index (χ4v) is 1.02. The summed E-state index contributed by atoms with van der Waals surface area (Å²) in [6.07, 6.45) is -1.32. The van der Waals surface area contributed by atoms with Crippen molar-refractivity contribution in [2.45, 2.75) is 26.1 Å². The number of nitrogens with zero attached hydrogens (tertiary/aromatic N) is 1. The van der Waals surface area contributed by atoms with Gasteiger partial charge in [0, 0.05) is 13.1 Å². The molecule has 0 fully saturated rings. The van der Waals surface area contributed by atoms with E-state index in [0.717, 1.165) is 0 Å². The monoisotopic (exact) mass is 191 g/mol. The highest BCUT2D eigenvalue weighted by Gasteiger charge is 2.15. The molecule has 78 valence electrons. The Kier molecular flexibility index (Phi) is 5.61. The molecule has 0 radical (unpaired) electrons. The average molecular weight is 191 g/mol. The van der Waals surface area contributed by atoms with E-state index in [2.05, 4.69) is 0 Å². The first-order valence-corrected chi connectivity index (χ1v) is 4.22. The third kappa shape index (κ3) is 5.57. The lowest BCUT2D eigenvalue weighted by Crippen LogP contribution is -2.42. The molecule has 0 bridgehead atoms. The maximum atomic E-state index is 11.0. The van der Waals surface area contributed by atoms with Crippen LogP contribution in [0.1, 0.15) is 13.8 Å². The van der Waals surface area contributed by atoms with E-state index in [1.165, 1.54) is 4.90 Å². The molecule has 0 spiro atoms. The number of carbonyl (C=O) groups is 1. The van der Waals surface area contributed by atoms with Gasteiger partial charge >= 0.3 is 0 Å². The van der Waals surface area contributed by atoms with Crippen molar-refractivity contribution in [2.75, 3.05) is 19.7 Å². The lowest BCUT2D eigenvalue weighted by Gasteiger charge is -2.24. The summed E-state index contributed by atoms with van der Waals surface area (Å²) in [5.41, 5.74) is 0. The minimum Gasteiger partial charge on any atom is -0.392 e. The molecule has 13 heavy (non-hydrogen) atoms. The highest BCUT2D eigenvalue weighted by Crippen LogP contribution is 1.96. The van der Waals surface area contributed by atoms with Crippen molar-refractivity contribution < 1.29 is 20.1 Å². The van der Waals surface area contributed by atoms with E-state index in [9.17, 15) is 4.79 Å². The predicted molar refractivity (Wildman–Crippen MR) is 47.0 cm³/mol. The first kappa shape index (κ1) is 12.3. The summed E-state index contributed by atoms with van der Waals surface area (Å²) < 4.78 is 0. The molecular weight excluding hydrogens is 174 g/mol. The number of hydrogen-bond donors (Lipinski definition) is 3. The molecule has 0 aromatic carbocycles. The highest BCUT2D eigenvalue weighted by atomic mass is 16.3. The average Bonchev–Trinajstić information content (AvgIpc) is 2.00. The lowest BCUT2D eigenvalue weighted by atomic mass is 10.3. The van der Waals surface area contributed by atoms with Crippen LogP contribution in [-0.4, -0.2) is 58.0 Å². The molecule has 2 atom stereocenters. The largest absolute Gasteiger partial charge is 0.392 e. The Balaban J connectivity index is 4.10. The Labute approximate surface area is 77.6 Å². The molecule has 2 unspecified atom stereocenters. The van der Waals surface area contributed by atoms with Gasteiger partial charge in [0.2, 0.25) is 5.91 Å². The van der Waals surface area contributed by atoms with Gasteiger partial charge in [-0.15, -0.1) is 0 Å². The van der Waals surface area contributed by atoms with Crippen LogP contribution in [-0.2, 0) is 4.79 Å². The third-order valence-corrected chi connectivity index (χ3v) is 1.46. The first-order valence-electron chi connectivity index (χ1n) is 4.22. The molecule has 0 rings (SSSR count). The summed E-state index contributed by atoms with van der Waals surface area (Å²) in [5.74, 6) is -0.484. The van der Waals surface area contributed by atoms with Gasteiger partial charge in [0.05, 0.1) is 12.2 Å². The van der Waals surface area contributed by atoms with Crippen LogP contribution >= 0.6 is 0 Å². The SMILES string of the molecule is CC(O)CN(CC(C)O)C(=O)CO. The van der Waals surface area contributed by atoms with Crippen molar-refractivity contribution in [3.8, 4) is 0 Å². The standard InChI is InChI=1S/C8H17NO4/c1-6(11)3-9(4-7(2)12)8(13)5-10/h6-7,10-12H,3-5H2,1-2H3. The molecule has 0 aromatic rings. The molecular formula is C8H17NO4. The quantitative estimate of drug-likeness (QED) is 0.497. The summed E-state index contributed by atoms with van der Waals surface area (Å²) in [6, 6.07) is 0. The number of aliphatic hydroxyl groups is 3. The van der Waals surface area contributed by atoms with Gasteiger partial charge in [0.25, 0.3) is 0 Å². The zero-order chi connectivity index (χ0) is 10.4. The summed E-state index contributed by atoms with van der Waals surface area (Å²) in [4.78, 5) is 12.3. The van der Waals surface area contributed by atoms with Crippen molar-refractivity contribution in [2.24, 2.45) is 0 Å². The van der Waals surface area contributed by atoms with E-state index >= 15 is 0 Å². The van der Waals surface area contributed by atoms with E-state index in [0.29, 0.717) is 0 Å². The number of hydrogen-bond acceptors (Lipinski definition) is 4. The molecule has 0 heterocycles. The Bertz CT molecular complexity index is 148. The number of aliphatic hydroxyl groups excluding tert-OH is 3.